The number of carbonyl (C=O) groups excluding carboxylic acids is 1. The van der Waals surface area contributed by atoms with Crippen LogP contribution in [-0.4, -0.2) is 29.5 Å². The highest BCUT2D eigenvalue weighted by Crippen LogP contribution is 2.21. The molecule has 0 bridgehead atoms. The molecule has 2 rings (SSSR count). The van der Waals surface area contributed by atoms with Crippen molar-refractivity contribution in [1.29, 1.82) is 0 Å². The topological polar surface area (TPSA) is 84.1 Å². The van der Waals surface area contributed by atoms with Crippen LogP contribution in [0.1, 0.15) is 44.1 Å². The average Bonchev–Trinajstić information content (AvgIpc) is 2.57. The first kappa shape index (κ1) is 18.7. The van der Waals surface area contributed by atoms with E-state index in [-0.39, 0.29) is 17.0 Å². The second-order valence-electron chi connectivity index (χ2n) is 7.13. The number of hydrogen-bond acceptors (Lipinski definition) is 4. The minimum absolute atomic E-state index is 0.210. The highest BCUT2D eigenvalue weighted by Gasteiger charge is 2.12. The van der Waals surface area contributed by atoms with Crippen LogP contribution < -0.4 is 15.7 Å². The molecule has 0 unspecified atom stereocenters. The molecule has 0 radical (unpaired) electrons. The van der Waals surface area contributed by atoms with Gasteiger partial charge in [-0.25, -0.2) is 4.79 Å². The van der Waals surface area contributed by atoms with Crippen LogP contribution in [0.15, 0.2) is 35.1 Å². The molecular formula is C19H25N3O3. The number of aromatic amines is 1. The standard InChI is InChI=1S/C19H25N3O3/c1-19(2,3)10-5-11-20-17(23)16-12-15(21-18(24)22-16)13-6-8-14(25-4)9-7-13/h6-9,12H,5,10-11H2,1-4H3,(H,20,23)(H,21,22,24). The number of amides is 1. The molecular weight excluding hydrogens is 318 g/mol. The monoisotopic (exact) mass is 343 g/mol. The molecule has 0 atom stereocenters. The lowest BCUT2D eigenvalue weighted by atomic mass is 9.91. The number of hydrogen-bond donors (Lipinski definition) is 2. The minimum Gasteiger partial charge on any atom is -0.497 e. The average molecular weight is 343 g/mol. The van der Waals surface area contributed by atoms with Gasteiger partial charge >= 0.3 is 5.69 Å². The molecule has 6 heteroatoms. The van der Waals surface area contributed by atoms with Crippen molar-refractivity contribution in [3.8, 4) is 17.0 Å². The second-order valence-corrected chi connectivity index (χ2v) is 7.13. The van der Waals surface area contributed by atoms with E-state index >= 15 is 0 Å². The number of nitrogens with zero attached hydrogens (tertiary/aromatic N) is 1. The van der Waals surface area contributed by atoms with Crippen molar-refractivity contribution in [3.63, 3.8) is 0 Å². The summed E-state index contributed by atoms with van der Waals surface area (Å²) in [5.74, 6) is 0.411. The third-order valence-corrected chi connectivity index (χ3v) is 3.76. The maximum absolute atomic E-state index is 12.3. The van der Waals surface area contributed by atoms with Crippen LogP contribution in [0.5, 0.6) is 5.75 Å². The van der Waals surface area contributed by atoms with Crippen LogP contribution in [0, 0.1) is 5.41 Å². The Bertz CT molecular complexity index is 774. The van der Waals surface area contributed by atoms with E-state index in [2.05, 4.69) is 36.1 Å². The van der Waals surface area contributed by atoms with Gasteiger partial charge in [0.2, 0.25) is 0 Å². The Hall–Kier alpha value is -2.63. The van der Waals surface area contributed by atoms with E-state index < -0.39 is 5.69 Å². The Kier molecular flexibility index (Phi) is 5.96. The largest absolute Gasteiger partial charge is 0.497 e. The van der Waals surface area contributed by atoms with Crippen LogP contribution in [0.3, 0.4) is 0 Å². The first-order valence-electron chi connectivity index (χ1n) is 8.32. The van der Waals surface area contributed by atoms with Gasteiger partial charge in [0.25, 0.3) is 5.91 Å². The van der Waals surface area contributed by atoms with Gasteiger partial charge in [0.1, 0.15) is 11.4 Å². The molecule has 0 fully saturated rings. The molecule has 25 heavy (non-hydrogen) atoms. The maximum Gasteiger partial charge on any atom is 0.346 e. The quantitative estimate of drug-likeness (QED) is 0.790. The van der Waals surface area contributed by atoms with Gasteiger partial charge in [-0.05, 0) is 48.6 Å². The Morgan fingerprint density at radius 2 is 1.92 bits per heavy atom. The van der Waals surface area contributed by atoms with E-state index in [4.69, 9.17) is 4.74 Å². The summed E-state index contributed by atoms with van der Waals surface area (Å²) in [6.45, 7) is 7.06. The molecule has 1 aromatic carbocycles. The van der Waals surface area contributed by atoms with Gasteiger partial charge in [0, 0.05) is 12.1 Å². The molecule has 0 aliphatic heterocycles. The van der Waals surface area contributed by atoms with Crippen molar-refractivity contribution in [3.05, 3.63) is 46.5 Å². The number of methoxy groups -OCH3 is 1. The summed E-state index contributed by atoms with van der Waals surface area (Å²) in [5, 5.41) is 2.84. The summed E-state index contributed by atoms with van der Waals surface area (Å²) < 4.78 is 5.12. The molecule has 0 saturated heterocycles. The number of aromatic nitrogens is 2. The van der Waals surface area contributed by atoms with E-state index in [0.29, 0.717) is 18.0 Å². The highest BCUT2D eigenvalue weighted by molar-refractivity contribution is 5.93. The summed E-state index contributed by atoms with van der Waals surface area (Å²) in [4.78, 5) is 30.5. The van der Waals surface area contributed by atoms with E-state index in [1.807, 2.05) is 0 Å². The summed E-state index contributed by atoms with van der Waals surface area (Å²) in [5.41, 5.74) is 1.09. The van der Waals surface area contributed by atoms with E-state index in [1.165, 1.54) is 0 Å². The summed E-state index contributed by atoms with van der Waals surface area (Å²) in [7, 11) is 1.59. The molecule has 0 saturated carbocycles. The fourth-order valence-corrected chi connectivity index (χ4v) is 2.41. The van der Waals surface area contributed by atoms with Gasteiger partial charge in [-0.15, -0.1) is 0 Å². The third-order valence-electron chi connectivity index (χ3n) is 3.76. The van der Waals surface area contributed by atoms with Crippen molar-refractivity contribution < 1.29 is 9.53 Å². The molecule has 1 heterocycles. The molecule has 0 spiro atoms. The van der Waals surface area contributed by atoms with Crippen molar-refractivity contribution in [2.45, 2.75) is 33.6 Å². The Balaban J connectivity index is 2.09. The lowest BCUT2D eigenvalue weighted by Crippen LogP contribution is -2.28. The van der Waals surface area contributed by atoms with Crippen molar-refractivity contribution in [1.82, 2.24) is 15.3 Å². The molecule has 1 aromatic heterocycles. The van der Waals surface area contributed by atoms with Crippen molar-refractivity contribution in [2.75, 3.05) is 13.7 Å². The van der Waals surface area contributed by atoms with Crippen LogP contribution in [0.4, 0.5) is 0 Å². The highest BCUT2D eigenvalue weighted by atomic mass is 16.5. The number of rotatable bonds is 6. The van der Waals surface area contributed by atoms with Gasteiger partial charge in [-0.3, -0.25) is 4.79 Å². The molecule has 6 nitrogen and oxygen atoms in total. The number of carbonyl (C=O) groups is 1. The Morgan fingerprint density at radius 3 is 2.52 bits per heavy atom. The number of H-pyrrole nitrogens is 1. The van der Waals surface area contributed by atoms with Gasteiger partial charge in [-0.1, -0.05) is 20.8 Å². The van der Waals surface area contributed by atoms with Gasteiger partial charge in [0.05, 0.1) is 12.8 Å². The van der Waals surface area contributed by atoms with Crippen molar-refractivity contribution >= 4 is 5.91 Å². The summed E-state index contributed by atoms with van der Waals surface area (Å²) in [6.07, 6.45) is 1.90. The van der Waals surface area contributed by atoms with Crippen LogP contribution in [0.2, 0.25) is 0 Å². The number of ether oxygens (including phenoxy) is 1. The van der Waals surface area contributed by atoms with E-state index in [9.17, 15) is 9.59 Å². The number of nitrogens with one attached hydrogen (secondary N) is 2. The first-order valence-corrected chi connectivity index (χ1v) is 8.32. The predicted molar refractivity (Wildman–Crippen MR) is 97.9 cm³/mol. The fraction of sp³-hybridized carbons (Fsp3) is 0.421. The third kappa shape index (κ3) is 5.74. The zero-order chi connectivity index (χ0) is 18.4. The van der Waals surface area contributed by atoms with Crippen molar-refractivity contribution in [2.24, 2.45) is 5.41 Å². The molecule has 2 N–H and O–H groups in total. The van der Waals surface area contributed by atoms with E-state index in [1.54, 1.807) is 37.4 Å². The van der Waals surface area contributed by atoms with Crippen LogP contribution in [-0.2, 0) is 0 Å². The molecule has 0 aliphatic rings. The van der Waals surface area contributed by atoms with E-state index in [0.717, 1.165) is 18.4 Å². The molecule has 134 valence electrons. The smallest absolute Gasteiger partial charge is 0.346 e. The zero-order valence-electron chi connectivity index (χ0n) is 15.2. The van der Waals surface area contributed by atoms with Crippen LogP contribution in [0.25, 0.3) is 11.3 Å². The normalized spacial score (nSPS) is 11.2. The first-order chi connectivity index (χ1) is 11.8. The SMILES string of the molecule is COc1ccc(-c2cc(C(=O)NCCCC(C)(C)C)[nH]c(=O)n2)cc1. The van der Waals surface area contributed by atoms with Gasteiger partial charge in [0.15, 0.2) is 0 Å². The van der Waals surface area contributed by atoms with Crippen LogP contribution >= 0.6 is 0 Å². The zero-order valence-corrected chi connectivity index (χ0v) is 15.2. The van der Waals surface area contributed by atoms with Gasteiger partial charge in [-0.2, -0.15) is 4.98 Å². The predicted octanol–water partition coefficient (Wildman–Crippen LogP) is 3.00. The molecule has 1 amide bonds. The summed E-state index contributed by atoms with van der Waals surface area (Å²) in [6, 6.07) is 8.74. The molecule has 0 aliphatic carbocycles. The Labute approximate surface area is 147 Å². The minimum atomic E-state index is -0.548. The van der Waals surface area contributed by atoms with Gasteiger partial charge < -0.3 is 15.0 Å². The summed E-state index contributed by atoms with van der Waals surface area (Å²) >= 11 is 0. The number of benzene rings is 1. The molecule has 2 aromatic rings. The lowest BCUT2D eigenvalue weighted by Gasteiger charge is -2.17. The lowest BCUT2D eigenvalue weighted by molar-refractivity contribution is 0.0946. The fourth-order valence-electron chi connectivity index (χ4n) is 2.41. The second kappa shape index (κ2) is 7.96. The maximum atomic E-state index is 12.3. The Morgan fingerprint density at radius 1 is 1.24 bits per heavy atom.